The minimum atomic E-state index is -0.470. The number of thiophene rings is 1. The summed E-state index contributed by atoms with van der Waals surface area (Å²) in [7, 11) is 1.32. The Balaban J connectivity index is 1.54. The van der Waals surface area contributed by atoms with Gasteiger partial charge in [-0.2, -0.15) is 0 Å². The van der Waals surface area contributed by atoms with Crippen LogP contribution in [0.15, 0.2) is 72.8 Å². The van der Waals surface area contributed by atoms with Crippen LogP contribution in [0, 0.1) is 0 Å². The lowest BCUT2D eigenvalue weighted by Gasteiger charge is -2.14. The van der Waals surface area contributed by atoms with E-state index in [1.807, 2.05) is 48.5 Å². The molecule has 0 aliphatic carbocycles. The number of hydrogen-bond donors (Lipinski definition) is 2. The number of anilines is 2. The van der Waals surface area contributed by atoms with Crippen molar-refractivity contribution < 1.29 is 14.3 Å². The predicted octanol–water partition coefficient (Wildman–Crippen LogP) is 6.38. The zero-order valence-electron chi connectivity index (χ0n) is 16.8. The number of fused-ring (bicyclic) bond motifs is 1. The first kappa shape index (κ1) is 22.0. The van der Waals surface area contributed by atoms with E-state index in [0.717, 1.165) is 15.8 Å². The van der Waals surface area contributed by atoms with Crippen LogP contribution in [0.5, 0.6) is 0 Å². The van der Waals surface area contributed by atoms with Crippen molar-refractivity contribution >= 4 is 73.5 Å². The van der Waals surface area contributed by atoms with Crippen LogP contribution in [0.3, 0.4) is 0 Å². The Morgan fingerprint density at radius 3 is 2.44 bits per heavy atom. The zero-order valence-corrected chi connectivity index (χ0v) is 19.2. The van der Waals surface area contributed by atoms with Crippen LogP contribution >= 0.6 is 35.2 Å². The van der Waals surface area contributed by atoms with E-state index in [0.29, 0.717) is 31.8 Å². The van der Waals surface area contributed by atoms with E-state index in [1.165, 1.54) is 18.4 Å². The summed E-state index contributed by atoms with van der Waals surface area (Å²) in [4.78, 5) is 25.2. The fourth-order valence-corrected chi connectivity index (χ4v) is 4.88. The average Bonchev–Trinajstić information content (AvgIpc) is 3.14. The van der Waals surface area contributed by atoms with Gasteiger partial charge in [-0.05, 0) is 42.5 Å². The molecule has 0 amide bonds. The Hall–Kier alpha value is -3.26. The van der Waals surface area contributed by atoms with E-state index in [4.69, 9.17) is 28.6 Å². The second-order valence-corrected chi connectivity index (χ2v) is 8.61. The average molecular weight is 481 g/mol. The minimum Gasteiger partial charge on any atom is -0.465 e. The van der Waals surface area contributed by atoms with Crippen molar-refractivity contribution in [1.29, 1.82) is 0 Å². The highest BCUT2D eigenvalue weighted by molar-refractivity contribution is 7.80. The number of methoxy groups -OCH3 is 1. The molecular weight excluding hydrogens is 464 g/mol. The van der Waals surface area contributed by atoms with E-state index in [2.05, 4.69) is 10.6 Å². The van der Waals surface area contributed by atoms with Gasteiger partial charge in [-0.15, -0.1) is 11.3 Å². The minimum absolute atomic E-state index is 0.0958. The van der Waals surface area contributed by atoms with E-state index in [1.54, 1.807) is 24.3 Å². The number of nitrogens with one attached hydrogen (secondary N) is 2. The van der Waals surface area contributed by atoms with E-state index in [-0.39, 0.29) is 5.78 Å². The van der Waals surface area contributed by atoms with Gasteiger partial charge >= 0.3 is 5.97 Å². The molecule has 2 N–H and O–H groups in total. The summed E-state index contributed by atoms with van der Waals surface area (Å²) in [6.07, 6.45) is 0. The van der Waals surface area contributed by atoms with Gasteiger partial charge in [0.25, 0.3) is 0 Å². The van der Waals surface area contributed by atoms with Gasteiger partial charge in [0.15, 0.2) is 10.9 Å². The van der Waals surface area contributed by atoms with E-state index >= 15 is 0 Å². The number of thiocarbonyl (C=S) groups is 1. The molecule has 32 heavy (non-hydrogen) atoms. The number of carbonyl (C=O) groups excluding carboxylic acids is 2. The van der Waals surface area contributed by atoms with Gasteiger partial charge in [0.2, 0.25) is 0 Å². The van der Waals surface area contributed by atoms with E-state index < -0.39 is 5.97 Å². The number of rotatable bonds is 5. The molecule has 3 aromatic carbocycles. The molecule has 1 heterocycles. The second kappa shape index (κ2) is 9.48. The first-order valence-electron chi connectivity index (χ1n) is 9.55. The van der Waals surface area contributed by atoms with Crippen molar-refractivity contribution in [3.05, 3.63) is 93.8 Å². The van der Waals surface area contributed by atoms with Gasteiger partial charge in [-0.25, -0.2) is 4.79 Å². The highest BCUT2D eigenvalue weighted by Gasteiger charge is 2.18. The Morgan fingerprint density at radius 2 is 1.69 bits per heavy atom. The number of ketones is 1. The summed E-state index contributed by atoms with van der Waals surface area (Å²) in [5.74, 6) is -0.566. The summed E-state index contributed by atoms with van der Waals surface area (Å²) in [6, 6.07) is 21.8. The Labute approximate surface area is 199 Å². The second-order valence-electron chi connectivity index (χ2n) is 6.77. The van der Waals surface area contributed by atoms with Crippen LogP contribution < -0.4 is 10.6 Å². The summed E-state index contributed by atoms with van der Waals surface area (Å²) in [5.41, 5.74) is 2.44. The van der Waals surface area contributed by atoms with Crippen molar-refractivity contribution in [2.45, 2.75) is 0 Å². The lowest BCUT2D eigenvalue weighted by molar-refractivity contribution is 0.0606. The summed E-state index contributed by atoms with van der Waals surface area (Å²) >= 11 is 13.0. The Morgan fingerprint density at radius 1 is 0.969 bits per heavy atom. The monoisotopic (exact) mass is 480 g/mol. The number of halogens is 1. The smallest absolute Gasteiger partial charge is 0.349 e. The van der Waals surface area contributed by atoms with Gasteiger partial charge in [-0.1, -0.05) is 54.1 Å². The number of para-hydroxylation sites is 1. The number of benzene rings is 3. The molecule has 4 rings (SSSR count). The quantitative estimate of drug-likeness (QED) is 0.196. The molecule has 5 nitrogen and oxygen atoms in total. The molecule has 4 aromatic rings. The summed E-state index contributed by atoms with van der Waals surface area (Å²) in [6.45, 7) is 0. The molecule has 0 aliphatic rings. The van der Waals surface area contributed by atoms with Crippen molar-refractivity contribution in [2.75, 3.05) is 17.7 Å². The van der Waals surface area contributed by atoms with Crippen LogP contribution in [0.1, 0.15) is 25.6 Å². The van der Waals surface area contributed by atoms with Crippen molar-refractivity contribution in [3.8, 4) is 0 Å². The SMILES string of the molecule is COC(=O)c1sc2cc(NC(=S)Nc3ccccc3C(=O)c3ccccc3)ccc2c1Cl. The Kier molecular flexibility index (Phi) is 6.50. The highest BCUT2D eigenvalue weighted by Crippen LogP contribution is 2.37. The van der Waals surface area contributed by atoms with Crippen LogP contribution in [-0.4, -0.2) is 24.0 Å². The normalized spacial score (nSPS) is 10.6. The van der Waals surface area contributed by atoms with Gasteiger partial charge in [0, 0.05) is 26.9 Å². The largest absolute Gasteiger partial charge is 0.465 e. The molecule has 0 radical (unpaired) electrons. The number of ether oxygens (including phenoxy) is 1. The van der Waals surface area contributed by atoms with E-state index in [9.17, 15) is 9.59 Å². The standard InChI is InChI=1S/C24H17ClN2O3S2/c1-30-23(29)22-20(25)17-12-11-15(13-19(17)32-22)26-24(31)27-18-10-6-5-9-16(18)21(28)14-7-3-2-4-8-14/h2-13H,1H3,(H2,26,27,31). The van der Waals surface area contributed by atoms with Crippen molar-refractivity contribution in [2.24, 2.45) is 0 Å². The summed E-state index contributed by atoms with van der Waals surface area (Å²) in [5, 5.41) is 7.69. The molecule has 160 valence electrons. The number of carbonyl (C=O) groups is 2. The number of hydrogen-bond acceptors (Lipinski definition) is 5. The van der Waals surface area contributed by atoms with Gasteiger partial charge in [0.05, 0.1) is 17.8 Å². The van der Waals surface area contributed by atoms with Crippen molar-refractivity contribution in [1.82, 2.24) is 0 Å². The van der Waals surface area contributed by atoms with Gasteiger partial charge < -0.3 is 15.4 Å². The third kappa shape index (κ3) is 4.50. The van der Waals surface area contributed by atoms with Crippen LogP contribution in [-0.2, 0) is 4.74 Å². The Bertz CT molecular complexity index is 1340. The maximum Gasteiger partial charge on any atom is 0.349 e. The topological polar surface area (TPSA) is 67.4 Å². The first-order valence-corrected chi connectivity index (χ1v) is 11.2. The maximum absolute atomic E-state index is 12.9. The first-order chi connectivity index (χ1) is 15.5. The number of esters is 1. The lowest BCUT2D eigenvalue weighted by atomic mass is 10.0. The lowest BCUT2D eigenvalue weighted by Crippen LogP contribution is -2.20. The molecule has 0 spiro atoms. The fraction of sp³-hybridized carbons (Fsp3) is 0.0417. The summed E-state index contributed by atoms with van der Waals surface area (Å²) < 4.78 is 5.61. The molecule has 0 unspecified atom stereocenters. The van der Waals surface area contributed by atoms with Crippen LogP contribution in [0.4, 0.5) is 11.4 Å². The third-order valence-corrected chi connectivity index (χ3v) is 6.56. The molecule has 0 atom stereocenters. The van der Waals surface area contributed by atoms with Crippen LogP contribution in [0.25, 0.3) is 10.1 Å². The molecular formula is C24H17ClN2O3S2. The van der Waals surface area contributed by atoms with Crippen molar-refractivity contribution in [3.63, 3.8) is 0 Å². The highest BCUT2D eigenvalue weighted by atomic mass is 35.5. The third-order valence-electron chi connectivity index (χ3n) is 4.71. The molecule has 1 aromatic heterocycles. The zero-order chi connectivity index (χ0) is 22.7. The molecule has 0 saturated carbocycles. The van der Waals surface area contributed by atoms with Gasteiger partial charge in [0.1, 0.15) is 4.88 Å². The molecule has 0 fully saturated rings. The molecule has 0 aliphatic heterocycles. The predicted molar refractivity (Wildman–Crippen MR) is 134 cm³/mol. The molecule has 0 bridgehead atoms. The molecule has 8 heteroatoms. The molecule has 0 saturated heterocycles. The fourth-order valence-electron chi connectivity index (χ4n) is 3.19. The maximum atomic E-state index is 12.9. The van der Waals surface area contributed by atoms with Crippen LogP contribution in [0.2, 0.25) is 5.02 Å². The van der Waals surface area contributed by atoms with Gasteiger partial charge in [-0.3, -0.25) is 4.79 Å².